The standard InChI is InChI=1S/C19H17NO3S/c21-24(22,19-11-10-15-6-4-5-7-16(15)12-19)20(13-18-14-23-18)17-8-2-1-3-9-17/h1-12,18H,13-14H2/t18-/m1/s1. The summed E-state index contributed by atoms with van der Waals surface area (Å²) in [5, 5.41) is 1.93. The number of hydrogen-bond donors (Lipinski definition) is 0. The Morgan fingerprint density at radius 2 is 1.58 bits per heavy atom. The van der Waals surface area contributed by atoms with Crippen molar-refractivity contribution in [1.82, 2.24) is 0 Å². The van der Waals surface area contributed by atoms with Crippen molar-refractivity contribution in [1.29, 1.82) is 0 Å². The molecule has 1 heterocycles. The van der Waals surface area contributed by atoms with Gasteiger partial charge in [0.05, 0.1) is 29.8 Å². The summed E-state index contributed by atoms with van der Waals surface area (Å²) in [7, 11) is -3.65. The average Bonchev–Trinajstić information content (AvgIpc) is 3.44. The molecule has 0 aromatic heterocycles. The molecule has 1 fully saturated rings. The SMILES string of the molecule is O=S(=O)(c1ccc2ccccc2c1)N(C[C@@H]1CO1)c1ccccc1. The van der Waals surface area contributed by atoms with Crippen LogP contribution in [0.25, 0.3) is 10.8 Å². The van der Waals surface area contributed by atoms with Crippen molar-refractivity contribution in [3.8, 4) is 0 Å². The third-order valence-electron chi connectivity index (χ3n) is 4.12. The van der Waals surface area contributed by atoms with Gasteiger partial charge in [0, 0.05) is 0 Å². The molecule has 1 saturated heterocycles. The predicted octanol–water partition coefficient (Wildman–Crippen LogP) is 3.43. The van der Waals surface area contributed by atoms with Crippen LogP contribution < -0.4 is 4.31 Å². The maximum absolute atomic E-state index is 13.2. The Labute approximate surface area is 141 Å². The minimum Gasteiger partial charge on any atom is -0.371 e. The van der Waals surface area contributed by atoms with E-state index in [4.69, 9.17) is 4.74 Å². The molecule has 3 aromatic carbocycles. The highest BCUT2D eigenvalue weighted by molar-refractivity contribution is 7.92. The summed E-state index contributed by atoms with van der Waals surface area (Å²) in [4.78, 5) is 0.297. The summed E-state index contributed by atoms with van der Waals surface area (Å²) in [5.74, 6) is 0. The van der Waals surface area contributed by atoms with Crippen molar-refractivity contribution >= 4 is 26.5 Å². The van der Waals surface area contributed by atoms with Crippen molar-refractivity contribution in [2.75, 3.05) is 17.5 Å². The van der Waals surface area contributed by atoms with Gasteiger partial charge in [0.15, 0.2) is 0 Å². The van der Waals surface area contributed by atoms with Crippen LogP contribution in [0.5, 0.6) is 0 Å². The number of sulfonamides is 1. The van der Waals surface area contributed by atoms with Crippen molar-refractivity contribution < 1.29 is 13.2 Å². The van der Waals surface area contributed by atoms with Crippen molar-refractivity contribution in [3.63, 3.8) is 0 Å². The number of fused-ring (bicyclic) bond motifs is 1. The summed E-state index contributed by atoms with van der Waals surface area (Å²) in [6.07, 6.45) is -0.0274. The summed E-state index contributed by atoms with van der Waals surface area (Å²) < 4.78 is 33.1. The van der Waals surface area contributed by atoms with Gasteiger partial charge >= 0.3 is 0 Å². The Balaban J connectivity index is 1.79. The van der Waals surface area contributed by atoms with Gasteiger partial charge in [-0.25, -0.2) is 8.42 Å². The third-order valence-corrected chi connectivity index (χ3v) is 5.91. The molecule has 122 valence electrons. The Hall–Kier alpha value is -2.37. The van der Waals surface area contributed by atoms with Crippen LogP contribution in [0.3, 0.4) is 0 Å². The number of para-hydroxylation sites is 1. The zero-order chi connectivity index (χ0) is 16.6. The molecule has 1 aliphatic heterocycles. The second-order valence-electron chi connectivity index (χ2n) is 5.84. The van der Waals surface area contributed by atoms with E-state index in [1.165, 1.54) is 4.31 Å². The van der Waals surface area contributed by atoms with Crippen LogP contribution in [0.2, 0.25) is 0 Å². The molecule has 0 aliphatic carbocycles. The Morgan fingerprint density at radius 3 is 2.29 bits per heavy atom. The largest absolute Gasteiger partial charge is 0.371 e. The Bertz CT molecular complexity index is 966. The van der Waals surface area contributed by atoms with Crippen LogP contribution in [0.15, 0.2) is 77.7 Å². The normalized spacial score (nSPS) is 16.9. The second-order valence-corrected chi connectivity index (χ2v) is 7.70. The molecule has 0 N–H and O–H groups in total. The molecule has 4 rings (SSSR count). The topological polar surface area (TPSA) is 49.9 Å². The number of benzene rings is 3. The maximum atomic E-state index is 13.2. The van der Waals surface area contributed by atoms with Crippen LogP contribution >= 0.6 is 0 Å². The van der Waals surface area contributed by atoms with Gasteiger partial charge in [-0.15, -0.1) is 0 Å². The van der Waals surface area contributed by atoms with Gasteiger partial charge in [0.2, 0.25) is 0 Å². The molecule has 1 atom stereocenters. The minimum atomic E-state index is -3.65. The fraction of sp³-hybridized carbons (Fsp3) is 0.158. The van der Waals surface area contributed by atoms with Crippen LogP contribution in [0, 0.1) is 0 Å². The molecule has 0 saturated carbocycles. The van der Waals surface area contributed by atoms with Crippen molar-refractivity contribution in [2.24, 2.45) is 0 Å². The Morgan fingerprint density at radius 1 is 0.917 bits per heavy atom. The minimum absolute atomic E-state index is 0.0274. The summed E-state index contributed by atoms with van der Waals surface area (Å²) in [6.45, 7) is 0.940. The smallest absolute Gasteiger partial charge is 0.264 e. The highest BCUT2D eigenvalue weighted by Crippen LogP contribution is 2.28. The molecule has 0 unspecified atom stereocenters. The van der Waals surface area contributed by atoms with E-state index in [0.29, 0.717) is 23.7 Å². The third kappa shape index (κ3) is 2.88. The van der Waals surface area contributed by atoms with Gasteiger partial charge in [-0.3, -0.25) is 4.31 Å². The fourth-order valence-corrected chi connectivity index (χ4v) is 4.28. The van der Waals surface area contributed by atoms with Gasteiger partial charge in [-0.05, 0) is 35.0 Å². The van der Waals surface area contributed by atoms with E-state index < -0.39 is 10.0 Å². The van der Waals surface area contributed by atoms with Gasteiger partial charge in [-0.2, -0.15) is 0 Å². The highest BCUT2D eigenvalue weighted by atomic mass is 32.2. The molecule has 1 aliphatic rings. The van der Waals surface area contributed by atoms with E-state index in [1.807, 2.05) is 48.5 Å². The fourth-order valence-electron chi connectivity index (χ4n) is 2.75. The number of epoxide rings is 1. The van der Waals surface area contributed by atoms with E-state index in [9.17, 15) is 8.42 Å². The molecule has 3 aromatic rings. The lowest BCUT2D eigenvalue weighted by Gasteiger charge is -2.24. The molecule has 24 heavy (non-hydrogen) atoms. The van der Waals surface area contributed by atoms with Crippen LogP contribution in [-0.2, 0) is 14.8 Å². The lowest BCUT2D eigenvalue weighted by atomic mass is 10.1. The molecule has 4 nitrogen and oxygen atoms in total. The second kappa shape index (κ2) is 5.92. The molecule has 0 radical (unpaired) electrons. The van der Waals surface area contributed by atoms with Crippen LogP contribution in [0.4, 0.5) is 5.69 Å². The first-order chi connectivity index (χ1) is 11.6. The van der Waals surface area contributed by atoms with Crippen molar-refractivity contribution in [2.45, 2.75) is 11.0 Å². The predicted molar refractivity (Wildman–Crippen MR) is 94.7 cm³/mol. The number of rotatable bonds is 5. The summed E-state index contributed by atoms with van der Waals surface area (Å²) in [5.41, 5.74) is 0.654. The molecular formula is C19H17NO3S. The maximum Gasteiger partial charge on any atom is 0.264 e. The van der Waals surface area contributed by atoms with E-state index in [0.717, 1.165) is 10.8 Å². The number of ether oxygens (including phenoxy) is 1. The number of anilines is 1. The lowest BCUT2D eigenvalue weighted by Crippen LogP contribution is -2.34. The number of hydrogen-bond acceptors (Lipinski definition) is 3. The van der Waals surface area contributed by atoms with E-state index in [1.54, 1.807) is 24.3 Å². The van der Waals surface area contributed by atoms with E-state index >= 15 is 0 Å². The van der Waals surface area contributed by atoms with E-state index in [-0.39, 0.29) is 6.10 Å². The van der Waals surface area contributed by atoms with Crippen LogP contribution in [0.1, 0.15) is 0 Å². The van der Waals surface area contributed by atoms with Gasteiger partial charge in [0.25, 0.3) is 10.0 Å². The quantitative estimate of drug-likeness (QED) is 0.669. The van der Waals surface area contributed by atoms with Gasteiger partial charge in [0.1, 0.15) is 0 Å². The summed E-state index contributed by atoms with van der Waals surface area (Å²) in [6, 6.07) is 22.2. The molecule has 0 amide bonds. The first-order valence-corrected chi connectivity index (χ1v) is 9.27. The number of nitrogens with zero attached hydrogens (tertiary/aromatic N) is 1. The van der Waals surface area contributed by atoms with Gasteiger partial charge in [-0.1, -0.05) is 48.5 Å². The molecule has 0 bridgehead atoms. The monoisotopic (exact) mass is 339 g/mol. The highest BCUT2D eigenvalue weighted by Gasteiger charge is 2.33. The zero-order valence-electron chi connectivity index (χ0n) is 13.0. The van der Waals surface area contributed by atoms with Crippen molar-refractivity contribution in [3.05, 3.63) is 72.8 Å². The lowest BCUT2D eigenvalue weighted by molar-refractivity contribution is 0.412. The average molecular weight is 339 g/mol. The van der Waals surface area contributed by atoms with E-state index in [2.05, 4.69) is 0 Å². The van der Waals surface area contributed by atoms with Crippen LogP contribution in [-0.4, -0.2) is 27.7 Å². The molecular weight excluding hydrogens is 322 g/mol. The van der Waals surface area contributed by atoms with Gasteiger partial charge < -0.3 is 4.74 Å². The Kier molecular flexibility index (Phi) is 3.75. The zero-order valence-corrected chi connectivity index (χ0v) is 13.8. The molecule has 0 spiro atoms. The first kappa shape index (κ1) is 15.2. The molecule has 5 heteroatoms. The summed E-state index contributed by atoms with van der Waals surface area (Å²) >= 11 is 0. The first-order valence-electron chi connectivity index (χ1n) is 7.83.